The number of thiophene rings is 1. The zero-order valence-electron chi connectivity index (χ0n) is 8.29. The van der Waals surface area contributed by atoms with Crippen LogP contribution in [0.25, 0.3) is 0 Å². The minimum atomic E-state index is -1.09. The highest BCUT2D eigenvalue weighted by Gasteiger charge is 2.10. The van der Waals surface area contributed by atoms with Crippen LogP contribution in [-0.2, 0) is 6.54 Å². The summed E-state index contributed by atoms with van der Waals surface area (Å²) < 4.78 is 1.25. The molecule has 0 saturated heterocycles. The van der Waals surface area contributed by atoms with Crippen molar-refractivity contribution >= 4 is 17.3 Å². The van der Waals surface area contributed by atoms with E-state index in [9.17, 15) is 9.59 Å². The molecule has 1 N–H and O–H groups in total. The van der Waals surface area contributed by atoms with Crippen molar-refractivity contribution < 1.29 is 9.90 Å². The van der Waals surface area contributed by atoms with Crippen molar-refractivity contribution in [3.63, 3.8) is 0 Å². The first kappa shape index (κ1) is 10.6. The highest BCUT2D eigenvalue weighted by Crippen LogP contribution is 2.08. The molecule has 0 aromatic carbocycles. The summed E-state index contributed by atoms with van der Waals surface area (Å²) in [5, 5.41) is 12.7. The van der Waals surface area contributed by atoms with Gasteiger partial charge in [-0.05, 0) is 28.5 Å². The van der Waals surface area contributed by atoms with Crippen molar-refractivity contribution in [3.8, 4) is 0 Å². The zero-order chi connectivity index (χ0) is 11.5. The maximum atomic E-state index is 11.6. The summed E-state index contributed by atoms with van der Waals surface area (Å²) in [6, 6.07) is 6.11. The molecule has 5 heteroatoms. The Morgan fingerprint density at radius 2 is 2.19 bits per heavy atom. The van der Waals surface area contributed by atoms with Gasteiger partial charge in [0, 0.05) is 6.07 Å². The van der Waals surface area contributed by atoms with Crippen LogP contribution in [0, 0.1) is 0 Å². The summed E-state index contributed by atoms with van der Waals surface area (Å²) in [5.74, 6) is -1.09. The second-order valence-electron chi connectivity index (χ2n) is 3.27. The second-order valence-corrected chi connectivity index (χ2v) is 4.05. The molecule has 4 nitrogen and oxygen atoms in total. The van der Waals surface area contributed by atoms with Gasteiger partial charge in [0.15, 0.2) is 0 Å². The van der Waals surface area contributed by atoms with Gasteiger partial charge in [0.2, 0.25) is 0 Å². The van der Waals surface area contributed by atoms with Gasteiger partial charge in [0.05, 0.1) is 6.54 Å². The molecular weight excluding hydrogens is 226 g/mol. The van der Waals surface area contributed by atoms with Gasteiger partial charge in [-0.25, -0.2) is 4.79 Å². The topological polar surface area (TPSA) is 59.3 Å². The highest BCUT2D eigenvalue weighted by atomic mass is 32.1. The Labute approximate surface area is 95.4 Å². The summed E-state index contributed by atoms with van der Waals surface area (Å²) in [4.78, 5) is 22.5. The van der Waals surface area contributed by atoms with Gasteiger partial charge in [0.25, 0.3) is 5.56 Å². The van der Waals surface area contributed by atoms with Gasteiger partial charge in [-0.15, -0.1) is 0 Å². The monoisotopic (exact) mass is 235 g/mol. The molecule has 82 valence electrons. The van der Waals surface area contributed by atoms with Crippen molar-refractivity contribution in [3.05, 3.63) is 56.6 Å². The Morgan fingerprint density at radius 3 is 2.81 bits per heavy atom. The third-order valence-electron chi connectivity index (χ3n) is 2.19. The number of nitrogens with zero attached hydrogens (tertiary/aromatic N) is 1. The number of hydrogen-bond donors (Lipinski definition) is 1. The first-order chi connectivity index (χ1) is 7.68. The second kappa shape index (κ2) is 4.32. The first-order valence-corrected chi connectivity index (χ1v) is 5.57. The van der Waals surface area contributed by atoms with Crippen LogP contribution < -0.4 is 5.56 Å². The summed E-state index contributed by atoms with van der Waals surface area (Å²) >= 11 is 1.52. The summed E-state index contributed by atoms with van der Waals surface area (Å²) in [7, 11) is 0. The van der Waals surface area contributed by atoms with Crippen LogP contribution in [0.5, 0.6) is 0 Å². The number of hydrogen-bond acceptors (Lipinski definition) is 3. The number of carboxylic acids is 1. The molecular formula is C11H9NO3S. The van der Waals surface area contributed by atoms with E-state index in [0.29, 0.717) is 6.54 Å². The lowest BCUT2D eigenvalue weighted by Gasteiger charge is -2.07. The van der Waals surface area contributed by atoms with Gasteiger partial charge in [0.1, 0.15) is 5.69 Å². The van der Waals surface area contributed by atoms with Crippen molar-refractivity contribution in [1.29, 1.82) is 0 Å². The van der Waals surface area contributed by atoms with Gasteiger partial charge >= 0.3 is 5.97 Å². The van der Waals surface area contributed by atoms with E-state index >= 15 is 0 Å². The lowest BCUT2D eigenvalue weighted by molar-refractivity contribution is 0.0684. The number of rotatable bonds is 3. The minimum absolute atomic E-state index is 0.0127. The maximum absolute atomic E-state index is 11.6. The quantitative estimate of drug-likeness (QED) is 0.880. The lowest BCUT2D eigenvalue weighted by atomic mass is 10.3. The largest absolute Gasteiger partial charge is 0.477 e. The summed E-state index contributed by atoms with van der Waals surface area (Å²) in [6.07, 6.45) is 0. The smallest absolute Gasteiger partial charge is 0.352 e. The fraction of sp³-hybridized carbons (Fsp3) is 0.0909. The normalized spacial score (nSPS) is 10.2. The Bertz CT molecular complexity index is 557. The van der Waals surface area contributed by atoms with E-state index in [4.69, 9.17) is 5.11 Å². The number of aromatic nitrogens is 1. The molecule has 0 unspecified atom stereocenters. The number of carbonyl (C=O) groups is 1. The fourth-order valence-corrected chi connectivity index (χ4v) is 2.10. The molecule has 0 aliphatic rings. The van der Waals surface area contributed by atoms with E-state index in [2.05, 4.69) is 0 Å². The molecule has 16 heavy (non-hydrogen) atoms. The number of carboxylic acid groups (broad SMARTS) is 1. The van der Waals surface area contributed by atoms with Crippen LogP contribution in [0.15, 0.2) is 39.8 Å². The third kappa shape index (κ3) is 2.04. The average Bonchev–Trinajstić information content (AvgIpc) is 2.73. The van der Waals surface area contributed by atoms with Crippen LogP contribution in [-0.4, -0.2) is 15.6 Å². The Hall–Kier alpha value is -1.88. The number of pyridine rings is 1. The minimum Gasteiger partial charge on any atom is -0.477 e. The summed E-state index contributed by atoms with van der Waals surface area (Å²) in [5.41, 5.74) is 0.644. The molecule has 2 heterocycles. The number of aromatic carboxylic acids is 1. The molecule has 0 spiro atoms. The SMILES string of the molecule is O=C(O)c1cccc(=O)n1Cc1ccsc1. The predicted molar refractivity (Wildman–Crippen MR) is 61.1 cm³/mol. The molecule has 0 radical (unpaired) electrons. The van der Waals surface area contributed by atoms with Crippen molar-refractivity contribution in [2.75, 3.05) is 0 Å². The van der Waals surface area contributed by atoms with Crippen molar-refractivity contribution in [2.24, 2.45) is 0 Å². The highest BCUT2D eigenvalue weighted by molar-refractivity contribution is 7.07. The predicted octanol–water partition coefficient (Wildman–Crippen LogP) is 1.66. The van der Waals surface area contributed by atoms with E-state index in [1.807, 2.05) is 16.8 Å². The van der Waals surface area contributed by atoms with E-state index in [1.165, 1.54) is 34.1 Å². The van der Waals surface area contributed by atoms with Crippen LogP contribution in [0.2, 0.25) is 0 Å². The summed E-state index contributed by atoms with van der Waals surface area (Å²) in [6.45, 7) is 0.296. The van der Waals surface area contributed by atoms with Gasteiger partial charge in [-0.2, -0.15) is 11.3 Å². The molecule has 0 aliphatic carbocycles. The van der Waals surface area contributed by atoms with E-state index in [1.54, 1.807) is 0 Å². The van der Waals surface area contributed by atoms with Crippen LogP contribution in [0.3, 0.4) is 0 Å². The molecule has 2 aromatic heterocycles. The standard InChI is InChI=1S/C11H9NO3S/c13-10-3-1-2-9(11(14)15)12(10)6-8-4-5-16-7-8/h1-5,7H,6H2,(H,14,15). The Balaban J connectivity index is 2.46. The van der Waals surface area contributed by atoms with E-state index in [-0.39, 0.29) is 11.3 Å². The Morgan fingerprint density at radius 1 is 1.38 bits per heavy atom. The molecule has 0 atom stereocenters. The zero-order valence-corrected chi connectivity index (χ0v) is 9.11. The Kier molecular flexibility index (Phi) is 2.87. The van der Waals surface area contributed by atoms with Crippen molar-refractivity contribution in [1.82, 2.24) is 4.57 Å². The molecule has 0 aliphatic heterocycles. The molecule has 0 bridgehead atoms. The molecule has 0 fully saturated rings. The van der Waals surface area contributed by atoms with E-state index in [0.717, 1.165) is 5.56 Å². The molecule has 0 amide bonds. The van der Waals surface area contributed by atoms with Gasteiger partial charge in [-0.3, -0.25) is 9.36 Å². The molecule has 2 aromatic rings. The fourth-order valence-electron chi connectivity index (χ4n) is 1.44. The van der Waals surface area contributed by atoms with Gasteiger partial charge < -0.3 is 5.11 Å². The van der Waals surface area contributed by atoms with Gasteiger partial charge in [-0.1, -0.05) is 6.07 Å². The van der Waals surface area contributed by atoms with Crippen LogP contribution in [0.4, 0.5) is 0 Å². The average molecular weight is 235 g/mol. The van der Waals surface area contributed by atoms with Crippen LogP contribution in [0.1, 0.15) is 16.1 Å². The van der Waals surface area contributed by atoms with E-state index < -0.39 is 5.97 Å². The van der Waals surface area contributed by atoms with Crippen LogP contribution >= 0.6 is 11.3 Å². The lowest BCUT2D eigenvalue weighted by Crippen LogP contribution is -2.25. The van der Waals surface area contributed by atoms with Crippen molar-refractivity contribution in [2.45, 2.75) is 6.54 Å². The molecule has 2 rings (SSSR count). The first-order valence-electron chi connectivity index (χ1n) is 4.62. The maximum Gasteiger partial charge on any atom is 0.352 e. The third-order valence-corrected chi connectivity index (χ3v) is 2.92. The molecule has 0 saturated carbocycles.